The second kappa shape index (κ2) is 7.27. The van der Waals surface area contributed by atoms with Crippen molar-refractivity contribution in [1.29, 1.82) is 5.26 Å². The molecule has 1 aromatic heterocycles. The predicted molar refractivity (Wildman–Crippen MR) is 76.2 cm³/mol. The number of hydrogen-bond acceptors (Lipinski definition) is 4. The summed E-state index contributed by atoms with van der Waals surface area (Å²) in [7, 11) is 0. The summed E-state index contributed by atoms with van der Waals surface area (Å²) in [6.45, 7) is 1.54. The minimum atomic E-state index is -0.828. The van der Waals surface area contributed by atoms with E-state index in [1.54, 1.807) is 18.4 Å². The summed E-state index contributed by atoms with van der Waals surface area (Å²) in [5.41, 5.74) is 1.58. The highest BCUT2D eigenvalue weighted by atomic mass is 16.4. The van der Waals surface area contributed by atoms with Gasteiger partial charge in [-0.15, -0.1) is 0 Å². The number of aliphatic carboxylic acids is 1. The summed E-state index contributed by atoms with van der Waals surface area (Å²) >= 11 is 0. The molecule has 1 aromatic carbocycles. The van der Waals surface area contributed by atoms with Crippen molar-refractivity contribution in [3.63, 3.8) is 0 Å². The van der Waals surface area contributed by atoms with Gasteiger partial charge in [-0.25, -0.2) is 0 Å². The summed E-state index contributed by atoms with van der Waals surface area (Å²) in [5, 5.41) is 17.8. The van der Waals surface area contributed by atoms with E-state index in [0.29, 0.717) is 25.2 Å². The third-order valence-corrected chi connectivity index (χ3v) is 3.06. The maximum absolute atomic E-state index is 10.8. The molecule has 2 rings (SSSR count). The highest BCUT2D eigenvalue weighted by molar-refractivity contribution is 5.66. The molecule has 0 unspecified atom stereocenters. The van der Waals surface area contributed by atoms with E-state index >= 15 is 0 Å². The third-order valence-electron chi connectivity index (χ3n) is 3.06. The number of furan rings is 1. The molecule has 0 radical (unpaired) electrons. The van der Waals surface area contributed by atoms with Gasteiger partial charge in [-0.1, -0.05) is 12.1 Å². The Morgan fingerprint density at radius 3 is 2.81 bits per heavy atom. The van der Waals surface area contributed by atoms with Crippen LogP contribution >= 0.6 is 0 Å². The van der Waals surface area contributed by atoms with Crippen molar-refractivity contribution in [2.75, 3.05) is 6.54 Å². The molecule has 0 fully saturated rings. The topological polar surface area (TPSA) is 77.5 Å². The van der Waals surface area contributed by atoms with Gasteiger partial charge >= 0.3 is 5.97 Å². The van der Waals surface area contributed by atoms with Crippen LogP contribution in [0.4, 0.5) is 0 Å². The van der Waals surface area contributed by atoms with Crippen LogP contribution in [0.5, 0.6) is 0 Å². The number of carbonyl (C=O) groups is 1. The van der Waals surface area contributed by atoms with E-state index in [-0.39, 0.29) is 6.42 Å². The number of rotatable bonds is 7. The van der Waals surface area contributed by atoms with E-state index in [2.05, 4.69) is 6.07 Å². The molecule has 5 nitrogen and oxygen atoms in total. The lowest BCUT2D eigenvalue weighted by Gasteiger charge is -2.20. The molecular weight excluding hydrogens is 268 g/mol. The van der Waals surface area contributed by atoms with Crippen molar-refractivity contribution in [2.24, 2.45) is 0 Å². The van der Waals surface area contributed by atoms with E-state index in [9.17, 15) is 4.79 Å². The standard InChI is InChI=1S/C16H16N2O3/c17-10-13-3-1-4-14(9-13)11-18(7-6-16(19)20)12-15-5-2-8-21-15/h1-5,8-9H,6-7,11-12H2,(H,19,20). The number of benzene rings is 1. The van der Waals surface area contributed by atoms with Gasteiger partial charge in [0.25, 0.3) is 0 Å². The van der Waals surface area contributed by atoms with Gasteiger partial charge in [-0.3, -0.25) is 9.69 Å². The fraction of sp³-hybridized carbons (Fsp3) is 0.250. The Morgan fingerprint density at radius 1 is 1.29 bits per heavy atom. The Balaban J connectivity index is 2.06. The fourth-order valence-electron chi connectivity index (χ4n) is 2.09. The van der Waals surface area contributed by atoms with Gasteiger partial charge in [0.2, 0.25) is 0 Å². The zero-order chi connectivity index (χ0) is 15.1. The minimum absolute atomic E-state index is 0.0681. The van der Waals surface area contributed by atoms with Crippen molar-refractivity contribution in [3.8, 4) is 6.07 Å². The van der Waals surface area contributed by atoms with Crippen LogP contribution in [0.15, 0.2) is 47.1 Å². The Labute approximate surface area is 123 Å². The molecule has 0 aliphatic heterocycles. The van der Waals surface area contributed by atoms with Crippen LogP contribution in [0, 0.1) is 11.3 Å². The first-order valence-corrected chi connectivity index (χ1v) is 6.63. The molecule has 0 bridgehead atoms. The van der Waals surface area contributed by atoms with Gasteiger partial charge in [0, 0.05) is 13.1 Å². The first-order valence-electron chi connectivity index (χ1n) is 6.63. The van der Waals surface area contributed by atoms with Crippen LogP contribution in [-0.4, -0.2) is 22.5 Å². The molecule has 5 heteroatoms. The summed E-state index contributed by atoms with van der Waals surface area (Å²) < 4.78 is 5.31. The molecule has 0 amide bonds. The van der Waals surface area contributed by atoms with Crippen LogP contribution < -0.4 is 0 Å². The first-order chi connectivity index (χ1) is 10.2. The maximum Gasteiger partial charge on any atom is 0.304 e. The largest absolute Gasteiger partial charge is 0.481 e. The number of hydrogen-bond donors (Lipinski definition) is 1. The van der Waals surface area contributed by atoms with E-state index in [4.69, 9.17) is 14.8 Å². The molecule has 0 saturated heterocycles. The zero-order valence-corrected chi connectivity index (χ0v) is 11.5. The smallest absolute Gasteiger partial charge is 0.304 e. The molecule has 21 heavy (non-hydrogen) atoms. The Kier molecular flexibility index (Phi) is 5.13. The number of carboxylic acid groups (broad SMARTS) is 1. The Morgan fingerprint density at radius 2 is 2.14 bits per heavy atom. The molecule has 0 atom stereocenters. The Hall–Kier alpha value is -2.58. The molecule has 1 heterocycles. The lowest BCUT2D eigenvalue weighted by atomic mass is 10.1. The van der Waals surface area contributed by atoms with Crippen LogP contribution in [0.2, 0.25) is 0 Å². The minimum Gasteiger partial charge on any atom is -0.481 e. The molecule has 0 saturated carbocycles. The van der Waals surface area contributed by atoms with E-state index < -0.39 is 5.97 Å². The van der Waals surface area contributed by atoms with Gasteiger partial charge < -0.3 is 9.52 Å². The summed E-state index contributed by atoms with van der Waals surface area (Å²) in [6.07, 6.45) is 1.67. The molecule has 2 aromatic rings. The Bertz CT molecular complexity index is 629. The molecule has 0 aliphatic carbocycles. The normalized spacial score (nSPS) is 10.5. The second-order valence-corrected chi connectivity index (χ2v) is 4.75. The van der Waals surface area contributed by atoms with Crippen LogP contribution in [0.1, 0.15) is 23.3 Å². The molecule has 1 N–H and O–H groups in total. The lowest BCUT2D eigenvalue weighted by Crippen LogP contribution is -2.25. The average molecular weight is 284 g/mol. The van der Waals surface area contributed by atoms with Gasteiger partial charge in [0.15, 0.2) is 0 Å². The van der Waals surface area contributed by atoms with Crippen molar-refractivity contribution in [3.05, 3.63) is 59.5 Å². The van der Waals surface area contributed by atoms with Gasteiger partial charge in [0.1, 0.15) is 5.76 Å². The fourth-order valence-corrected chi connectivity index (χ4v) is 2.09. The SMILES string of the molecule is N#Cc1cccc(CN(CCC(=O)O)Cc2ccco2)c1. The van der Waals surface area contributed by atoms with Crippen molar-refractivity contribution in [1.82, 2.24) is 4.90 Å². The number of carboxylic acids is 1. The molecular formula is C16H16N2O3. The maximum atomic E-state index is 10.8. The third kappa shape index (κ3) is 4.79. The lowest BCUT2D eigenvalue weighted by molar-refractivity contribution is -0.137. The summed E-state index contributed by atoms with van der Waals surface area (Å²) in [6, 6.07) is 13.1. The molecule has 108 valence electrons. The average Bonchev–Trinajstić information content (AvgIpc) is 2.98. The van der Waals surface area contributed by atoms with Crippen LogP contribution in [0.3, 0.4) is 0 Å². The number of nitrogens with zero attached hydrogens (tertiary/aromatic N) is 2. The van der Waals surface area contributed by atoms with Crippen LogP contribution in [0.25, 0.3) is 0 Å². The van der Waals surface area contributed by atoms with Crippen molar-refractivity contribution in [2.45, 2.75) is 19.5 Å². The molecule has 0 aliphatic rings. The van der Waals surface area contributed by atoms with Gasteiger partial charge in [0.05, 0.1) is 30.9 Å². The zero-order valence-electron chi connectivity index (χ0n) is 11.5. The van der Waals surface area contributed by atoms with Crippen molar-refractivity contribution >= 4 is 5.97 Å². The van der Waals surface area contributed by atoms with Gasteiger partial charge in [-0.05, 0) is 29.8 Å². The van der Waals surface area contributed by atoms with Crippen LogP contribution in [-0.2, 0) is 17.9 Å². The quantitative estimate of drug-likeness (QED) is 0.845. The van der Waals surface area contributed by atoms with E-state index in [0.717, 1.165) is 11.3 Å². The molecule has 0 spiro atoms. The van der Waals surface area contributed by atoms with Crippen molar-refractivity contribution < 1.29 is 14.3 Å². The predicted octanol–water partition coefficient (Wildman–Crippen LogP) is 2.63. The first kappa shape index (κ1) is 14.8. The van der Waals surface area contributed by atoms with Gasteiger partial charge in [-0.2, -0.15) is 5.26 Å². The highest BCUT2D eigenvalue weighted by Gasteiger charge is 2.11. The summed E-state index contributed by atoms with van der Waals surface area (Å²) in [5.74, 6) is -0.0398. The highest BCUT2D eigenvalue weighted by Crippen LogP contribution is 2.12. The summed E-state index contributed by atoms with van der Waals surface area (Å²) in [4.78, 5) is 12.8. The monoisotopic (exact) mass is 284 g/mol. The number of nitriles is 1. The van der Waals surface area contributed by atoms with E-state index in [1.165, 1.54) is 0 Å². The van der Waals surface area contributed by atoms with E-state index in [1.807, 2.05) is 29.2 Å². The second-order valence-electron chi connectivity index (χ2n) is 4.75.